The van der Waals surface area contributed by atoms with Crippen molar-refractivity contribution >= 4 is 17.8 Å². The Hall–Kier alpha value is -3.53. The van der Waals surface area contributed by atoms with Gasteiger partial charge >= 0.3 is 11.4 Å². The Balaban J connectivity index is -0.000000313. The first-order chi connectivity index (χ1) is 9.04. The van der Waals surface area contributed by atoms with Gasteiger partial charge in [0.05, 0.1) is 9.85 Å². The molecule has 0 fully saturated rings. The number of hydrogen-bond donors (Lipinski definition) is 1. The first-order valence-electron chi connectivity index (χ1n) is 4.09. The first kappa shape index (κ1) is 20.8. The van der Waals surface area contributed by atoms with Gasteiger partial charge in [-0.15, -0.1) is 0 Å². The van der Waals surface area contributed by atoms with Crippen LogP contribution in [0, 0.1) is 43.9 Å². The number of hydrogen-bond acceptors (Lipinski definition) is 7. The Bertz CT molecular complexity index is 418. The zero-order valence-electron chi connectivity index (χ0n) is 9.45. The van der Waals surface area contributed by atoms with Crippen LogP contribution in [0.25, 0.3) is 0 Å². The van der Waals surface area contributed by atoms with Crippen molar-refractivity contribution in [2.75, 3.05) is 0 Å². The maximum absolute atomic E-state index is 10.2. The van der Waals surface area contributed by atoms with Gasteiger partial charge in [0.25, 0.3) is 0 Å². The van der Waals surface area contributed by atoms with Gasteiger partial charge in [-0.05, 0) is 0 Å². The highest BCUT2D eigenvalue weighted by Gasteiger charge is 2.21. The number of benzene rings is 1. The Morgan fingerprint density at radius 1 is 1.00 bits per heavy atom. The van der Waals surface area contributed by atoms with Gasteiger partial charge in [-0.3, -0.25) is 25.0 Å². The van der Waals surface area contributed by atoms with Crippen LogP contribution in [0.1, 0.15) is 0 Å². The number of nitro groups is 2. The molecule has 0 atom stereocenters. The third kappa shape index (κ3) is 9.40. The third-order valence-corrected chi connectivity index (χ3v) is 1.28. The number of nitrogens with zero attached hydrogens (tertiary/aromatic N) is 4. The average molecular weight is 267 g/mol. The van der Waals surface area contributed by atoms with Crippen LogP contribution in [-0.2, 0) is 4.79 Å². The van der Waals surface area contributed by atoms with Crippen LogP contribution >= 0.6 is 0 Å². The summed E-state index contributed by atoms with van der Waals surface area (Å²) in [5.74, 6) is 0. The molecule has 19 heavy (non-hydrogen) atoms. The van der Waals surface area contributed by atoms with E-state index >= 15 is 0 Å². The molecule has 0 spiro atoms. The van der Waals surface area contributed by atoms with Gasteiger partial charge in [-0.2, -0.15) is 0 Å². The molecule has 1 aromatic carbocycles. The highest BCUT2D eigenvalue weighted by Crippen LogP contribution is 2.24. The maximum Gasteiger partial charge on any atom is 0.346 e. The minimum atomic E-state index is -0.780. The van der Waals surface area contributed by atoms with Crippen molar-refractivity contribution in [3.05, 3.63) is 44.5 Å². The van der Waals surface area contributed by atoms with Crippen molar-refractivity contribution in [3.8, 4) is 13.1 Å². The van der Waals surface area contributed by atoms with E-state index in [-0.39, 0.29) is 6.41 Å². The van der Waals surface area contributed by atoms with Crippen molar-refractivity contribution in [3.63, 3.8) is 0 Å². The van der Waals surface area contributed by atoms with Crippen LogP contribution < -0.4 is 5.73 Å². The van der Waals surface area contributed by atoms with Crippen molar-refractivity contribution in [1.29, 1.82) is 10.5 Å². The fourth-order valence-electron chi connectivity index (χ4n) is 0.773. The quantitative estimate of drug-likeness (QED) is 0.469. The van der Waals surface area contributed by atoms with E-state index in [0.29, 0.717) is 0 Å². The molecule has 1 rings (SSSR count). The Morgan fingerprint density at radius 2 is 1.21 bits per heavy atom. The summed E-state index contributed by atoms with van der Waals surface area (Å²) >= 11 is 0. The second-order valence-electron chi connectivity index (χ2n) is 2.14. The van der Waals surface area contributed by atoms with Crippen molar-refractivity contribution in [1.82, 2.24) is 0 Å². The van der Waals surface area contributed by atoms with Gasteiger partial charge in [0.15, 0.2) is 0 Å². The summed E-state index contributed by atoms with van der Waals surface area (Å²) in [4.78, 5) is 27.5. The lowest BCUT2D eigenvalue weighted by molar-refractivity contribution is -0.422. The topological polar surface area (TPSA) is 177 Å². The summed E-state index contributed by atoms with van der Waals surface area (Å²) in [6.07, 6.45) is 0.250. The molecular formula is C9H9N5O5. The zero-order chi connectivity index (χ0) is 15.8. The smallest absolute Gasteiger partial charge is 0.346 e. The lowest BCUT2D eigenvalue weighted by Gasteiger charge is -1.91. The first-order valence-corrected chi connectivity index (χ1v) is 4.09. The van der Waals surface area contributed by atoms with Gasteiger partial charge in [0.1, 0.15) is 0 Å². The molecule has 1 aromatic rings. The molecule has 0 unspecified atom stereocenters. The van der Waals surface area contributed by atoms with Crippen LogP contribution in [0.3, 0.4) is 0 Å². The molecule has 0 aliphatic carbocycles. The Morgan fingerprint density at radius 3 is 1.37 bits per heavy atom. The average Bonchev–Trinajstić information content (AvgIpc) is 2.44. The van der Waals surface area contributed by atoms with E-state index in [4.69, 9.17) is 15.3 Å². The largest absolute Gasteiger partial charge is 0.372 e. The van der Waals surface area contributed by atoms with Crippen molar-refractivity contribution in [2.45, 2.75) is 0 Å². The number of primary amides is 1. The van der Waals surface area contributed by atoms with Gasteiger partial charge < -0.3 is 5.73 Å². The van der Waals surface area contributed by atoms with Crippen LogP contribution in [0.2, 0.25) is 0 Å². The zero-order valence-corrected chi connectivity index (χ0v) is 9.45. The molecule has 1 amide bonds. The molecule has 0 aliphatic rings. The second-order valence-corrected chi connectivity index (χ2v) is 2.14. The van der Waals surface area contributed by atoms with Crippen LogP contribution in [0.15, 0.2) is 24.3 Å². The van der Waals surface area contributed by atoms with Crippen LogP contribution in [-0.4, -0.2) is 16.3 Å². The molecular weight excluding hydrogens is 258 g/mol. The molecule has 10 nitrogen and oxygen atoms in total. The summed E-state index contributed by atoms with van der Waals surface area (Å²) in [6, 6.07) is 4.95. The molecule has 10 heteroatoms. The van der Waals surface area contributed by atoms with Gasteiger partial charge in [0.2, 0.25) is 6.41 Å². The van der Waals surface area contributed by atoms with E-state index in [9.17, 15) is 20.2 Å². The summed E-state index contributed by atoms with van der Waals surface area (Å²) in [5.41, 5.74) is 3.20. The molecule has 0 heterocycles. The summed E-state index contributed by atoms with van der Waals surface area (Å²) in [6.45, 7) is 7.00. The molecule has 0 radical (unpaired) electrons. The standard InChI is InChI=1S/C6H4N2O4.CH3NO.2CHN/c9-7(10)5-3-1-2-4-6(5)8(11)12;2-1-3;2*1-2/h1-4H;1H,(H2,2,3);2*1H. The van der Waals surface area contributed by atoms with Crippen LogP contribution in [0.5, 0.6) is 0 Å². The molecule has 0 saturated heterocycles. The lowest BCUT2D eigenvalue weighted by Crippen LogP contribution is -1.95. The monoisotopic (exact) mass is 267 g/mol. The summed E-state index contributed by atoms with van der Waals surface area (Å²) in [5, 5.41) is 33.5. The number of nitrogens with two attached hydrogens (primary N) is 1. The summed E-state index contributed by atoms with van der Waals surface area (Å²) in [7, 11) is 0. The highest BCUT2D eigenvalue weighted by atomic mass is 16.6. The Kier molecular flexibility index (Phi) is 15.9. The van der Waals surface area contributed by atoms with Gasteiger partial charge in [-0.1, -0.05) is 12.1 Å². The van der Waals surface area contributed by atoms with Gasteiger partial charge in [-0.25, -0.2) is 10.5 Å². The molecule has 0 aromatic heterocycles. The van der Waals surface area contributed by atoms with E-state index in [2.05, 4.69) is 18.9 Å². The van der Waals surface area contributed by atoms with Crippen molar-refractivity contribution in [2.24, 2.45) is 5.73 Å². The summed E-state index contributed by atoms with van der Waals surface area (Å²) < 4.78 is 0. The number of carbonyl (C=O) groups is 1. The number of nitro benzene ring substituents is 2. The molecule has 0 bridgehead atoms. The van der Waals surface area contributed by atoms with Crippen molar-refractivity contribution < 1.29 is 14.6 Å². The van der Waals surface area contributed by atoms with E-state index < -0.39 is 21.2 Å². The predicted octanol–water partition coefficient (Wildman–Crippen LogP) is 0.884. The number of para-hydroxylation sites is 2. The third-order valence-electron chi connectivity index (χ3n) is 1.28. The van der Waals surface area contributed by atoms with E-state index in [1.807, 2.05) is 0 Å². The second kappa shape index (κ2) is 14.5. The minimum absolute atomic E-state index is 0.250. The molecule has 100 valence electrons. The highest BCUT2D eigenvalue weighted by molar-refractivity contribution is 5.51. The number of carbonyl (C=O) groups excluding carboxylic acids is 1. The normalized spacial score (nSPS) is 6.74. The Labute approximate surface area is 107 Å². The van der Waals surface area contributed by atoms with E-state index in [1.54, 1.807) is 0 Å². The number of rotatable bonds is 2. The van der Waals surface area contributed by atoms with Crippen LogP contribution in [0.4, 0.5) is 11.4 Å². The molecule has 0 saturated carbocycles. The molecule has 2 N–H and O–H groups in total. The number of amides is 1. The van der Waals surface area contributed by atoms with E-state index in [0.717, 1.165) is 12.1 Å². The minimum Gasteiger partial charge on any atom is -0.372 e. The van der Waals surface area contributed by atoms with Gasteiger partial charge in [0, 0.05) is 25.3 Å². The fourth-order valence-corrected chi connectivity index (χ4v) is 0.773. The van der Waals surface area contributed by atoms with E-state index in [1.165, 1.54) is 12.1 Å². The SMILES string of the molecule is C#N.C#N.NC=O.O=[N+]([O-])c1ccccc1[N+](=O)[O-]. The predicted molar refractivity (Wildman–Crippen MR) is 63.3 cm³/mol. The number of nitriles is 2. The fraction of sp³-hybridized carbons (Fsp3) is 0. The molecule has 0 aliphatic heterocycles. The maximum atomic E-state index is 10.2. The lowest BCUT2D eigenvalue weighted by atomic mass is 10.3.